The molecule has 0 radical (unpaired) electrons. The van der Waals surface area contributed by atoms with E-state index in [0.717, 1.165) is 12.0 Å². The van der Waals surface area contributed by atoms with E-state index in [4.69, 9.17) is 9.84 Å². The topological polar surface area (TPSA) is 75.6 Å². The summed E-state index contributed by atoms with van der Waals surface area (Å²) < 4.78 is 30.6. The normalized spacial score (nSPS) is 11.4. The highest BCUT2D eigenvalue weighted by Gasteiger charge is 2.09. The molecule has 0 atom stereocenters. The van der Waals surface area contributed by atoms with E-state index in [1.807, 2.05) is 6.07 Å². The van der Waals surface area contributed by atoms with Crippen LogP contribution in [0.15, 0.2) is 24.3 Å². The molecule has 1 aromatic carbocycles. The Morgan fingerprint density at radius 1 is 1.39 bits per heavy atom. The van der Waals surface area contributed by atoms with Crippen LogP contribution in [0.2, 0.25) is 0 Å². The summed E-state index contributed by atoms with van der Waals surface area (Å²) in [5.41, 5.74) is 1.54. The lowest BCUT2D eigenvalue weighted by Gasteiger charge is -2.09. The fourth-order valence-electron chi connectivity index (χ4n) is 1.50. The molecule has 5 nitrogen and oxygen atoms in total. The molecule has 18 heavy (non-hydrogen) atoms. The van der Waals surface area contributed by atoms with Crippen LogP contribution in [0.5, 0.6) is 0 Å². The largest absolute Gasteiger partial charge is 0.396 e. The molecule has 0 heterocycles. The highest BCUT2D eigenvalue weighted by Crippen LogP contribution is 2.13. The van der Waals surface area contributed by atoms with Crippen molar-refractivity contribution in [3.8, 4) is 0 Å². The Morgan fingerprint density at radius 2 is 2.17 bits per heavy atom. The molecule has 0 spiro atoms. The quantitative estimate of drug-likeness (QED) is 0.741. The van der Waals surface area contributed by atoms with Crippen LogP contribution in [0.25, 0.3) is 0 Å². The van der Waals surface area contributed by atoms with Gasteiger partial charge in [-0.05, 0) is 30.5 Å². The highest BCUT2D eigenvalue weighted by molar-refractivity contribution is 7.92. The summed E-state index contributed by atoms with van der Waals surface area (Å²) in [5.74, 6) is -0.0651. The number of aryl methyl sites for hydroxylation is 1. The number of anilines is 1. The predicted octanol–water partition coefficient (Wildman–Crippen LogP) is 1.000. The van der Waals surface area contributed by atoms with Gasteiger partial charge in [-0.2, -0.15) is 0 Å². The van der Waals surface area contributed by atoms with Gasteiger partial charge in [0.05, 0.1) is 12.4 Å². The Morgan fingerprint density at radius 3 is 2.83 bits per heavy atom. The second-order valence-electron chi connectivity index (χ2n) is 3.94. The highest BCUT2D eigenvalue weighted by atomic mass is 32.2. The average Bonchev–Trinajstić information content (AvgIpc) is 2.34. The van der Waals surface area contributed by atoms with Gasteiger partial charge in [0.25, 0.3) is 0 Å². The Balaban J connectivity index is 2.66. The Bertz CT molecular complexity index is 459. The number of ether oxygens (including phenoxy) is 1. The minimum Gasteiger partial charge on any atom is -0.396 e. The van der Waals surface area contributed by atoms with Gasteiger partial charge >= 0.3 is 0 Å². The van der Waals surface area contributed by atoms with Crippen LogP contribution >= 0.6 is 0 Å². The second kappa shape index (κ2) is 7.35. The van der Waals surface area contributed by atoms with E-state index in [2.05, 4.69) is 4.72 Å². The molecule has 0 fully saturated rings. The van der Waals surface area contributed by atoms with Crippen molar-refractivity contribution in [2.75, 3.05) is 30.8 Å². The molecule has 0 aliphatic heterocycles. The lowest BCUT2D eigenvalue weighted by molar-refractivity contribution is 0.217. The summed E-state index contributed by atoms with van der Waals surface area (Å²) >= 11 is 0. The summed E-state index contributed by atoms with van der Waals surface area (Å²) in [6.45, 7) is 0.295. The van der Waals surface area contributed by atoms with E-state index in [1.165, 1.54) is 7.11 Å². The standard InChI is InChI=1S/C12H19NO4S/c1-17-8-9-18(15,16)13-12-6-2-4-11(10-12)5-3-7-14/h2,4,6,10,13-14H,3,5,7-9H2,1H3. The third-order valence-corrected chi connectivity index (χ3v) is 3.63. The maximum Gasteiger partial charge on any atom is 0.234 e. The van der Waals surface area contributed by atoms with Crippen LogP contribution in [0, 0.1) is 0 Å². The second-order valence-corrected chi connectivity index (χ2v) is 5.78. The van der Waals surface area contributed by atoms with Crippen molar-refractivity contribution in [2.45, 2.75) is 12.8 Å². The van der Waals surface area contributed by atoms with E-state index in [1.54, 1.807) is 18.2 Å². The van der Waals surface area contributed by atoms with E-state index < -0.39 is 10.0 Å². The zero-order chi connectivity index (χ0) is 13.4. The number of nitrogens with one attached hydrogen (secondary N) is 1. The summed E-state index contributed by atoms with van der Waals surface area (Å²) in [6, 6.07) is 7.18. The van der Waals surface area contributed by atoms with E-state index in [-0.39, 0.29) is 19.0 Å². The number of methoxy groups -OCH3 is 1. The Hall–Kier alpha value is -1.11. The van der Waals surface area contributed by atoms with Gasteiger partial charge in [0, 0.05) is 19.4 Å². The summed E-state index contributed by atoms with van der Waals surface area (Å²) in [7, 11) is -1.90. The van der Waals surface area contributed by atoms with Crippen LogP contribution in [-0.4, -0.2) is 39.6 Å². The third kappa shape index (κ3) is 5.48. The molecule has 0 aliphatic rings. The van der Waals surface area contributed by atoms with Crippen molar-refractivity contribution in [1.29, 1.82) is 0 Å². The van der Waals surface area contributed by atoms with Crippen molar-refractivity contribution >= 4 is 15.7 Å². The predicted molar refractivity (Wildman–Crippen MR) is 71.1 cm³/mol. The number of aliphatic hydroxyl groups excluding tert-OH is 1. The molecule has 0 unspecified atom stereocenters. The third-order valence-electron chi connectivity index (χ3n) is 2.38. The van der Waals surface area contributed by atoms with Gasteiger partial charge in [-0.3, -0.25) is 4.72 Å². The molecule has 0 saturated heterocycles. The maximum atomic E-state index is 11.7. The van der Waals surface area contributed by atoms with Crippen molar-refractivity contribution in [3.05, 3.63) is 29.8 Å². The lowest BCUT2D eigenvalue weighted by atomic mass is 10.1. The van der Waals surface area contributed by atoms with Gasteiger partial charge in [-0.15, -0.1) is 0 Å². The zero-order valence-electron chi connectivity index (χ0n) is 10.4. The van der Waals surface area contributed by atoms with E-state index >= 15 is 0 Å². The van der Waals surface area contributed by atoms with Crippen molar-refractivity contribution in [3.63, 3.8) is 0 Å². The first-order chi connectivity index (χ1) is 8.57. The summed E-state index contributed by atoms with van der Waals surface area (Å²) in [6.07, 6.45) is 1.39. The Kier molecular flexibility index (Phi) is 6.11. The Labute approximate surface area is 108 Å². The van der Waals surface area contributed by atoms with Gasteiger partial charge in [0.2, 0.25) is 10.0 Å². The molecule has 2 N–H and O–H groups in total. The molecular formula is C12H19NO4S. The van der Waals surface area contributed by atoms with Crippen LogP contribution in [0.1, 0.15) is 12.0 Å². The zero-order valence-corrected chi connectivity index (χ0v) is 11.2. The first-order valence-corrected chi connectivity index (χ1v) is 7.42. The van der Waals surface area contributed by atoms with E-state index in [9.17, 15) is 8.42 Å². The van der Waals surface area contributed by atoms with Gasteiger partial charge in [-0.1, -0.05) is 12.1 Å². The number of aliphatic hydroxyl groups is 1. The smallest absolute Gasteiger partial charge is 0.234 e. The number of sulfonamides is 1. The molecule has 0 aromatic heterocycles. The molecule has 1 rings (SSSR count). The van der Waals surface area contributed by atoms with Gasteiger partial charge in [0.1, 0.15) is 0 Å². The van der Waals surface area contributed by atoms with E-state index in [0.29, 0.717) is 12.1 Å². The summed E-state index contributed by atoms with van der Waals surface area (Å²) in [4.78, 5) is 0. The fourth-order valence-corrected chi connectivity index (χ4v) is 2.47. The minimum atomic E-state index is -3.36. The first kappa shape index (κ1) is 14.9. The molecular weight excluding hydrogens is 254 g/mol. The maximum absolute atomic E-state index is 11.7. The van der Waals surface area contributed by atoms with Crippen molar-refractivity contribution in [1.82, 2.24) is 0 Å². The van der Waals surface area contributed by atoms with Crippen LogP contribution in [0.3, 0.4) is 0 Å². The monoisotopic (exact) mass is 273 g/mol. The molecule has 1 aromatic rings. The summed E-state index contributed by atoms with van der Waals surface area (Å²) in [5, 5.41) is 8.76. The van der Waals surface area contributed by atoms with Crippen LogP contribution in [-0.2, 0) is 21.2 Å². The number of hydrogen-bond donors (Lipinski definition) is 2. The molecule has 0 aliphatic carbocycles. The van der Waals surface area contributed by atoms with Crippen molar-refractivity contribution < 1.29 is 18.3 Å². The number of hydrogen-bond acceptors (Lipinski definition) is 4. The lowest BCUT2D eigenvalue weighted by Crippen LogP contribution is -2.19. The SMILES string of the molecule is COCCS(=O)(=O)Nc1cccc(CCCO)c1. The van der Waals surface area contributed by atoms with Crippen molar-refractivity contribution in [2.24, 2.45) is 0 Å². The van der Waals surface area contributed by atoms with Gasteiger partial charge < -0.3 is 9.84 Å². The van der Waals surface area contributed by atoms with Gasteiger partial charge in [0.15, 0.2) is 0 Å². The fraction of sp³-hybridized carbons (Fsp3) is 0.500. The molecule has 0 saturated carbocycles. The first-order valence-electron chi connectivity index (χ1n) is 5.76. The molecule has 102 valence electrons. The number of benzene rings is 1. The molecule has 0 bridgehead atoms. The average molecular weight is 273 g/mol. The van der Waals surface area contributed by atoms with Crippen LogP contribution < -0.4 is 4.72 Å². The van der Waals surface area contributed by atoms with Crippen LogP contribution in [0.4, 0.5) is 5.69 Å². The number of rotatable bonds is 8. The minimum absolute atomic E-state index is 0.0651. The van der Waals surface area contributed by atoms with Gasteiger partial charge in [-0.25, -0.2) is 8.42 Å². The molecule has 6 heteroatoms. The molecule has 0 amide bonds.